The average Bonchev–Trinajstić information content (AvgIpc) is 2.90. The van der Waals surface area contributed by atoms with Gasteiger partial charge in [0.1, 0.15) is 17.7 Å². The van der Waals surface area contributed by atoms with Crippen molar-refractivity contribution in [3.63, 3.8) is 0 Å². The number of carbonyl (C=O) groups excluding carboxylic acids is 1. The van der Waals surface area contributed by atoms with Gasteiger partial charge in [0.15, 0.2) is 0 Å². The average molecular weight is 477 g/mol. The number of piperazine rings is 1. The smallest absolute Gasteiger partial charge is 0.341 e. The summed E-state index contributed by atoms with van der Waals surface area (Å²) < 4.78 is 24.5. The minimum absolute atomic E-state index is 0.202. The second-order valence-electron chi connectivity index (χ2n) is 8.16. The topological polar surface area (TPSA) is 67.8 Å². The molecule has 7 nitrogen and oxygen atoms in total. The van der Waals surface area contributed by atoms with Gasteiger partial charge in [-0.05, 0) is 42.8 Å². The Bertz CT molecular complexity index is 1100. The molecule has 0 bridgehead atoms. The Labute approximate surface area is 204 Å². The fourth-order valence-corrected chi connectivity index (χ4v) is 3.80. The van der Waals surface area contributed by atoms with Crippen LogP contribution in [-0.4, -0.2) is 66.3 Å². The van der Waals surface area contributed by atoms with Gasteiger partial charge in [0.2, 0.25) is 5.95 Å². The number of halogens is 1. The predicted octanol–water partition coefficient (Wildman–Crippen LogP) is 4.08. The maximum atomic E-state index is 13.3. The first-order valence-electron chi connectivity index (χ1n) is 11.7. The monoisotopic (exact) mass is 476 g/mol. The summed E-state index contributed by atoms with van der Waals surface area (Å²) in [6.45, 7) is 5.90. The van der Waals surface area contributed by atoms with Gasteiger partial charge < -0.3 is 14.4 Å². The van der Waals surface area contributed by atoms with Gasteiger partial charge in [-0.1, -0.05) is 36.4 Å². The molecule has 1 aromatic heterocycles. The van der Waals surface area contributed by atoms with E-state index in [4.69, 9.17) is 9.47 Å². The number of benzene rings is 2. The van der Waals surface area contributed by atoms with Crippen molar-refractivity contribution in [2.75, 3.05) is 44.2 Å². The molecule has 0 aliphatic carbocycles. The molecule has 1 fully saturated rings. The van der Waals surface area contributed by atoms with E-state index in [0.717, 1.165) is 31.7 Å². The van der Waals surface area contributed by atoms with Crippen LogP contribution in [0.1, 0.15) is 22.8 Å². The van der Waals surface area contributed by atoms with Gasteiger partial charge in [-0.2, -0.15) is 0 Å². The summed E-state index contributed by atoms with van der Waals surface area (Å²) in [6.07, 6.45) is 6.90. The Morgan fingerprint density at radius 3 is 2.37 bits per heavy atom. The van der Waals surface area contributed by atoms with E-state index in [-0.39, 0.29) is 11.9 Å². The van der Waals surface area contributed by atoms with Crippen molar-refractivity contribution in [1.29, 1.82) is 0 Å². The minimum Gasteiger partial charge on any atom is -0.485 e. The number of hydrogen-bond donors (Lipinski definition) is 0. The quantitative estimate of drug-likeness (QED) is 0.431. The third-order valence-corrected chi connectivity index (χ3v) is 5.65. The molecule has 35 heavy (non-hydrogen) atoms. The van der Waals surface area contributed by atoms with Gasteiger partial charge in [0, 0.05) is 45.1 Å². The third kappa shape index (κ3) is 7.10. The fraction of sp³-hybridized carbons (Fsp3) is 0.296. The molecule has 1 unspecified atom stereocenters. The predicted molar refractivity (Wildman–Crippen MR) is 133 cm³/mol. The number of aromatic nitrogens is 2. The first-order valence-corrected chi connectivity index (χ1v) is 11.7. The standard InChI is InChI=1S/C27H29FN4O3/c1-2-34-26(33)22-18-29-27(30-19-22)32-16-14-31(15-17-32)20-25(11-8-21-6-4-3-5-7-21)35-24-12-9-23(28)10-13-24/h3-13,18-19,25H,2,14-17,20H2,1H3. The van der Waals surface area contributed by atoms with Gasteiger partial charge in [0.05, 0.1) is 12.2 Å². The van der Waals surface area contributed by atoms with Gasteiger partial charge in [-0.3, -0.25) is 4.90 Å². The van der Waals surface area contributed by atoms with E-state index in [1.807, 2.05) is 42.5 Å². The van der Waals surface area contributed by atoms with Crippen LogP contribution in [0.4, 0.5) is 10.3 Å². The molecule has 0 saturated carbocycles. The SMILES string of the molecule is CCOC(=O)c1cnc(N2CCN(CC(C=Cc3ccccc3)Oc3ccc(F)cc3)CC2)nc1. The van der Waals surface area contributed by atoms with Crippen LogP contribution >= 0.6 is 0 Å². The minimum atomic E-state index is -0.417. The number of ether oxygens (including phenoxy) is 2. The molecule has 4 rings (SSSR count). The van der Waals surface area contributed by atoms with Crippen LogP contribution in [0.3, 0.4) is 0 Å². The highest BCUT2D eigenvalue weighted by atomic mass is 19.1. The maximum Gasteiger partial charge on any atom is 0.341 e. The number of carbonyl (C=O) groups is 1. The number of esters is 1. The van der Waals surface area contributed by atoms with Gasteiger partial charge >= 0.3 is 5.97 Å². The molecule has 1 atom stereocenters. The van der Waals surface area contributed by atoms with E-state index in [1.165, 1.54) is 24.5 Å². The fourth-order valence-electron chi connectivity index (χ4n) is 3.80. The van der Waals surface area contributed by atoms with E-state index < -0.39 is 5.97 Å². The van der Waals surface area contributed by atoms with E-state index >= 15 is 0 Å². The number of nitrogens with zero attached hydrogens (tertiary/aromatic N) is 4. The highest BCUT2D eigenvalue weighted by molar-refractivity contribution is 5.88. The Morgan fingerprint density at radius 1 is 1.03 bits per heavy atom. The summed E-state index contributed by atoms with van der Waals surface area (Å²) >= 11 is 0. The molecule has 0 N–H and O–H groups in total. The van der Waals surface area contributed by atoms with Crippen LogP contribution in [0, 0.1) is 5.82 Å². The molecule has 2 aromatic carbocycles. The second-order valence-corrected chi connectivity index (χ2v) is 8.16. The van der Waals surface area contributed by atoms with Crippen molar-refractivity contribution in [1.82, 2.24) is 14.9 Å². The van der Waals surface area contributed by atoms with Crippen LogP contribution < -0.4 is 9.64 Å². The summed E-state index contributed by atoms with van der Waals surface area (Å²) in [5.74, 6) is 0.519. The highest BCUT2D eigenvalue weighted by Gasteiger charge is 2.22. The molecule has 1 saturated heterocycles. The lowest BCUT2D eigenvalue weighted by atomic mass is 10.1. The van der Waals surface area contributed by atoms with Gasteiger partial charge in [-0.25, -0.2) is 19.2 Å². The van der Waals surface area contributed by atoms with Crippen molar-refractivity contribution in [2.45, 2.75) is 13.0 Å². The van der Waals surface area contributed by atoms with Gasteiger partial charge in [0.25, 0.3) is 0 Å². The molecular formula is C27H29FN4O3. The number of anilines is 1. The Kier molecular flexibility index (Phi) is 8.40. The van der Waals surface area contributed by atoms with Crippen LogP contribution in [0.25, 0.3) is 6.08 Å². The largest absolute Gasteiger partial charge is 0.485 e. The molecule has 2 heterocycles. The van der Waals surface area contributed by atoms with Crippen LogP contribution in [0.5, 0.6) is 5.75 Å². The lowest BCUT2D eigenvalue weighted by molar-refractivity contribution is 0.0525. The lowest BCUT2D eigenvalue weighted by Gasteiger charge is -2.36. The van der Waals surface area contributed by atoms with Crippen molar-refractivity contribution < 1.29 is 18.7 Å². The number of rotatable bonds is 9. The summed E-state index contributed by atoms with van der Waals surface area (Å²) in [4.78, 5) is 24.9. The van der Waals surface area contributed by atoms with Crippen molar-refractivity contribution in [3.8, 4) is 5.75 Å². The Balaban J connectivity index is 1.36. The molecule has 182 valence electrons. The molecule has 0 spiro atoms. The zero-order valence-corrected chi connectivity index (χ0v) is 19.7. The first kappa shape index (κ1) is 24.3. The number of hydrogen-bond acceptors (Lipinski definition) is 7. The normalized spacial score (nSPS) is 15.2. The summed E-state index contributed by atoms with van der Waals surface area (Å²) in [7, 11) is 0. The first-order chi connectivity index (χ1) is 17.1. The van der Waals surface area contributed by atoms with E-state index in [9.17, 15) is 9.18 Å². The second kappa shape index (κ2) is 12.1. The molecule has 1 aliphatic rings. The van der Waals surface area contributed by atoms with Crippen LogP contribution in [-0.2, 0) is 4.74 Å². The Morgan fingerprint density at radius 2 is 1.71 bits per heavy atom. The van der Waals surface area contributed by atoms with Gasteiger partial charge in [-0.15, -0.1) is 0 Å². The van der Waals surface area contributed by atoms with E-state index in [2.05, 4.69) is 19.8 Å². The molecular weight excluding hydrogens is 447 g/mol. The summed E-state index contributed by atoms with van der Waals surface area (Å²) in [5.41, 5.74) is 1.44. The van der Waals surface area contributed by atoms with E-state index in [1.54, 1.807) is 19.1 Å². The third-order valence-electron chi connectivity index (χ3n) is 5.65. The molecule has 0 amide bonds. The van der Waals surface area contributed by atoms with Crippen molar-refractivity contribution >= 4 is 18.0 Å². The molecule has 3 aromatic rings. The zero-order valence-electron chi connectivity index (χ0n) is 19.7. The molecule has 8 heteroatoms. The molecule has 0 radical (unpaired) electrons. The Hall–Kier alpha value is -3.78. The lowest BCUT2D eigenvalue weighted by Crippen LogP contribution is -2.49. The maximum absolute atomic E-state index is 13.3. The summed E-state index contributed by atoms with van der Waals surface area (Å²) in [5, 5.41) is 0. The molecule has 1 aliphatic heterocycles. The van der Waals surface area contributed by atoms with Crippen molar-refractivity contribution in [3.05, 3.63) is 90.0 Å². The summed E-state index contributed by atoms with van der Waals surface area (Å²) in [6, 6.07) is 16.2. The van der Waals surface area contributed by atoms with E-state index in [0.29, 0.717) is 30.4 Å². The van der Waals surface area contributed by atoms with Crippen LogP contribution in [0.2, 0.25) is 0 Å². The van der Waals surface area contributed by atoms with Crippen LogP contribution in [0.15, 0.2) is 73.1 Å². The highest BCUT2D eigenvalue weighted by Crippen LogP contribution is 2.17. The van der Waals surface area contributed by atoms with Crippen molar-refractivity contribution in [2.24, 2.45) is 0 Å². The zero-order chi connectivity index (χ0) is 24.5.